The molecule has 1 heterocycles. The minimum absolute atomic E-state index is 0.0149. The van der Waals surface area contributed by atoms with Crippen molar-refractivity contribution < 1.29 is 9.59 Å². The zero-order valence-corrected chi connectivity index (χ0v) is 16.5. The molecule has 4 nitrogen and oxygen atoms in total. The first-order valence-corrected chi connectivity index (χ1v) is 10.7. The first kappa shape index (κ1) is 20.4. The van der Waals surface area contributed by atoms with Gasteiger partial charge in [-0.1, -0.05) is 40.0 Å². The fourth-order valence-corrected chi connectivity index (χ4v) is 5.20. The van der Waals surface area contributed by atoms with E-state index in [4.69, 9.17) is 0 Å². The number of hydrogen-bond acceptors (Lipinski definition) is 3. The Kier molecular flexibility index (Phi) is 7.92. The normalized spacial score (nSPS) is 28.9. The molecule has 0 spiro atoms. The fourth-order valence-electron chi connectivity index (χ4n) is 5.20. The van der Waals surface area contributed by atoms with E-state index in [1.807, 2.05) is 6.92 Å². The van der Waals surface area contributed by atoms with Crippen LogP contribution in [0, 0.1) is 11.3 Å². The van der Waals surface area contributed by atoms with Gasteiger partial charge in [0.05, 0.1) is 6.04 Å². The second kappa shape index (κ2) is 9.70. The maximum absolute atomic E-state index is 13.4. The van der Waals surface area contributed by atoms with E-state index in [2.05, 4.69) is 24.5 Å². The molecule has 4 heteroatoms. The van der Waals surface area contributed by atoms with Crippen molar-refractivity contribution in [1.29, 1.82) is 0 Å². The molecule has 1 saturated carbocycles. The molecule has 1 aliphatic heterocycles. The smallest absolute Gasteiger partial charge is 0.219 e. The van der Waals surface area contributed by atoms with Gasteiger partial charge in [-0.15, -0.1) is 0 Å². The highest BCUT2D eigenvalue weighted by atomic mass is 16.1. The third kappa shape index (κ3) is 4.64. The summed E-state index contributed by atoms with van der Waals surface area (Å²) >= 11 is 0. The van der Waals surface area contributed by atoms with E-state index >= 15 is 0 Å². The SMILES string of the molecule is CCC(=O)NCCCCC1NC2CCCCCC2C(CC)(CC)C1=O. The van der Waals surface area contributed by atoms with Gasteiger partial charge in [0.1, 0.15) is 0 Å². The van der Waals surface area contributed by atoms with Crippen molar-refractivity contribution in [3.63, 3.8) is 0 Å². The topological polar surface area (TPSA) is 58.2 Å². The van der Waals surface area contributed by atoms with E-state index in [0.717, 1.165) is 38.6 Å². The molecule has 0 aromatic rings. The summed E-state index contributed by atoms with van der Waals surface area (Å²) < 4.78 is 0. The number of carbonyl (C=O) groups is 2. The lowest BCUT2D eigenvalue weighted by molar-refractivity contribution is -0.141. The van der Waals surface area contributed by atoms with Gasteiger partial charge >= 0.3 is 0 Å². The number of amides is 1. The van der Waals surface area contributed by atoms with Crippen molar-refractivity contribution >= 4 is 11.7 Å². The van der Waals surface area contributed by atoms with Crippen LogP contribution in [0.1, 0.15) is 91.4 Å². The number of hydrogen-bond donors (Lipinski definition) is 2. The van der Waals surface area contributed by atoms with Gasteiger partial charge in [-0.05, 0) is 50.9 Å². The average molecular weight is 351 g/mol. The molecule has 2 fully saturated rings. The molecule has 25 heavy (non-hydrogen) atoms. The van der Waals surface area contributed by atoms with E-state index in [1.54, 1.807) is 0 Å². The molecule has 1 saturated heterocycles. The van der Waals surface area contributed by atoms with Crippen molar-refractivity contribution in [1.82, 2.24) is 10.6 Å². The average Bonchev–Trinajstić information content (AvgIpc) is 2.87. The number of rotatable bonds is 8. The van der Waals surface area contributed by atoms with Crippen LogP contribution in [-0.4, -0.2) is 30.3 Å². The number of piperidine rings is 1. The molecule has 1 aliphatic carbocycles. The molecule has 3 atom stereocenters. The Labute approximate surface area is 153 Å². The summed E-state index contributed by atoms with van der Waals surface area (Å²) in [5.74, 6) is 1.11. The van der Waals surface area contributed by atoms with Gasteiger partial charge in [0.25, 0.3) is 0 Å². The molecule has 1 amide bonds. The number of nitrogens with one attached hydrogen (secondary N) is 2. The van der Waals surface area contributed by atoms with Gasteiger partial charge < -0.3 is 10.6 Å². The lowest BCUT2D eigenvalue weighted by Gasteiger charge is -2.50. The molecule has 2 rings (SSSR count). The van der Waals surface area contributed by atoms with Crippen LogP contribution in [0.4, 0.5) is 0 Å². The fraction of sp³-hybridized carbons (Fsp3) is 0.905. The summed E-state index contributed by atoms with van der Waals surface area (Å²) in [6, 6.07) is 0.533. The van der Waals surface area contributed by atoms with Crippen LogP contribution in [0.25, 0.3) is 0 Å². The monoisotopic (exact) mass is 350 g/mol. The number of carbonyl (C=O) groups excluding carboxylic acids is 2. The molecule has 3 unspecified atom stereocenters. The molecule has 0 radical (unpaired) electrons. The highest BCUT2D eigenvalue weighted by Crippen LogP contribution is 2.47. The predicted octanol–water partition coefficient (Wildman–Crippen LogP) is 3.98. The van der Waals surface area contributed by atoms with Gasteiger partial charge in [0.15, 0.2) is 5.78 Å². The summed E-state index contributed by atoms with van der Waals surface area (Å²) in [6.45, 7) is 7.03. The number of ketones is 1. The predicted molar refractivity (Wildman–Crippen MR) is 102 cm³/mol. The third-order valence-electron chi connectivity index (χ3n) is 6.77. The minimum atomic E-state index is -0.110. The molecule has 144 valence electrons. The highest BCUT2D eigenvalue weighted by molar-refractivity contribution is 5.91. The number of fused-ring (bicyclic) bond motifs is 1. The lowest BCUT2D eigenvalue weighted by atomic mass is 9.60. The largest absolute Gasteiger partial charge is 0.356 e. The van der Waals surface area contributed by atoms with Gasteiger partial charge in [-0.2, -0.15) is 0 Å². The van der Waals surface area contributed by atoms with E-state index in [0.29, 0.717) is 24.2 Å². The molecule has 0 aromatic carbocycles. The molecular weight excluding hydrogens is 312 g/mol. The second-order valence-corrected chi connectivity index (χ2v) is 8.00. The quantitative estimate of drug-likeness (QED) is 0.651. The van der Waals surface area contributed by atoms with Crippen molar-refractivity contribution in [2.24, 2.45) is 11.3 Å². The lowest BCUT2D eigenvalue weighted by Crippen LogP contribution is -2.62. The van der Waals surface area contributed by atoms with Crippen LogP contribution in [0.15, 0.2) is 0 Å². The Morgan fingerprint density at radius 1 is 1.12 bits per heavy atom. The maximum atomic E-state index is 13.4. The van der Waals surface area contributed by atoms with Crippen LogP contribution in [0.5, 0.6) is 0 Å². The zero-order valence-electron chi connectivity index (χ0n) is 16.5. The second-order valence-electron chi connectivity index (χ2n) is 8.00. The molecule has 2 aliphatic rings. The Balaban J connectivity index is 1.97. The van der Waals surface area contributed by atoms with Gasteiger partial charge in [-0.25, -0.2) is 0 Å². The van der Waals surface area contributed by atoms with Crippen LogP contribution in [0.3, 0.4) is 0 Å². The van der Waals surface area contributed by atoms with Crippen molar-refractivity contribution in [3.8, 4) is 0 Å². The number of unbranched alkanes of at least 4 members (excludes halogenated alkanes) is 1. The van der Waals surface area contributed by atoms with Gasteiger partial charge in [0.2, 0.25) is 5.91 Å². The number of Topliss-reactive ketones (excluding diaryl/α,β-unsaturated/α-hetero) is 1. The summed E-state index contributed by atoms with van der Waals surface area (Å²) in [4.78, 5) is 24.7. The summed E-state index contributed by atoms with van der Waals surface area (Å²) in [5.41, 5.74) is -0.110. The summed E-state index contributed by atoms with van der Waals surface area (Å²) in [5, 5.41) is 6.67. The molecule has 0 bridgehead atoms. The van der Waals surface area contributed by atoms with Crippen molar-refractivity contribution in [2.45, 2.75) is 103 Å². The Bertz CT molecular complexity index is 445. The summed E-state index contributed by atoms with van der Waals surface area (Å²) in [7, 11) is 0. The van der Waals surface area contributed by atoms with Crippen LogP contribution < -0.4 is 10.6 Å². The van der Waals surface area contributed by atoms with Crippen LogP contribution in [0.2, 0.25) is 0 Å². The van der Waals surface area contributed by atoms with Gasteiger partial charge in [-0.3, -0.25) is 9.59 Å². The molecule has 0 aromatic heterocycles. The Morgan fingerprint density at radius 3 is 2.52 bits per heavy atom. The van der Waals surface area contributed by atoms with E-state index in [-0.39, 0.29) is 17.4 Å². The van der Waals surface area contributed by atoms with E-state index in [9.17, 15) is 9.59 Å². The maximum Gasteiger partial charge on any atom is 0.219 e. The minimum Gasteiger partial charge on any atom is -0.356 e. The summed E-state index contributed by atoms with van der Waals surface area (Å²) in [6.07, 6.45) is 11.7. The van der Waals surface area contributed by atoms with Gasteiger partial charge in [0, 0.05) is 24.4 Å². The molecular formula is C21H38N2O2. The van der Waals surface area contributed by atoms with Crippen molar-refractivity contribution in [3.05, 3.63) is 0 Å². The first-order valence-electron chi connectivity index (χ1n) is 10.7. The van der Waals surface area contributed by atoms with E-state index < -0.39 is 0 Å². The van der Waals surface area contributed by atoms with E-state index in [1.165, 1.54) is 32.1 Å². The van der Waals surface area contributed by atoms with Crippen molar-refractivity contribution in [2.75, 3.05) is 6.54 Å². The highest BCUT2D eigenvalue weighted by Gasteiger charge is 2.52. The van der Waals surface area contributed by atoms with Crippen LogP contribution in [-0.2, 0) is 9.59 Å². The first-order chi connectivity index (χ1) is 12.1. The Hall–Kier alpha value is -0.900. The Morgan fingerprint density at radius 2 is 1.84 bits per heavy atom. The third-order valence-corrected chi connectivity index (χ3v) is 6.77. The zero-order chi connectivity index (χ0) is 18.3. The van der Waals surface area contributed by atoms with Crippen LogP contribution >= 0.6 is 0 Å². The molecule has 2 N–H and O–H groups in total. The standard InChI is InChI=1S/C21H38N2O2/c1-4-19(24)22-15-11-10-14-18-20(25)21(5-2,6-3)16-12-8-7-9-13-17(16)23-18/h16-18,23H,4-15H2,1-3H3,(H,22,24).